The summed E-state index contributed by atoms with van der Waals surface area (Å²) in [5, 5.41) is 20.4. The van der Waals surface area contributed by atoms with Gasteiger partial charge in [-0.15, -0.1) is 0 Å². The smallest absolute Gasteiger partial charge is 0.253 e. The molecule has 0 spiro atoms. The zero-order valence-electron chi connectivity index (χ0n) is 28.0. The minimum atomic E-state index is -0.524. The number of hydrogen-bond donors (Lipinski definition) is 1. The summed E-state index contributed by atoms with van der Waals surface area (Å²) >= 11 is 26.8. The van der Waals surface area contributed by atoms with E-state index in [0.717, 1.165) is 6.42 Å². The van der Waals surface area contributed by atoms with Gasteiger partial charge in [0.15, 0.2) is 6.29 Å². The number of nitriles is 1. The number of β-amino-alcohol motifs (C(OH)–C–C–N with tert-alkyl or cyclic N) is 1. The van der Waals surface area contributed by atoms with Crippen molar-refractivity contribution in [1.82, 2.24) is 9.88 Å². The third-order valence-electron chi connectivity index (χ3n) is 8.59. The van der Waals surface area contributed by atoms with Gasteiger partial charge in [-0.05, 0) is 43.2 Å². The van der Waals surface area contributed by atoms with E-state index in [9.17, 15) is 14.7 Å². The number of aliphatic hydroxyl groups is 1. The first kappa shape index (κ1) is 37.9. The van der Waals surface area contributed by atoms with Gasteiger partial charge < -0.3 is 24.2 Å². The summed E-state index contributed by atoms with van der Waals surface area (Å²) < 4.78 is 18.0. The highest BCUT2D eigenvalue weighted by molar-refractivity contribution is 6.37. The molecule has 0 bridgehead atoms. The Balaban J connectivity index is 1.14. The molecule has 1 amide bonds. The highest BCUT2D eigenvalue weighted by Gasteiger charge is 2.24. The SMILES string of the molecule is N#Cc1cncc(COc2cc(OCc3cccc(-c4cccc(COc5ccc(C(=O)N6CCCC(O)C6)cc5Cl)c4Cl)c3Cl)c(Cl)cc2C=O)c1. The van der Waals surface area contributed by atoms with Crippen LogP contribution in [0.15, 0.2) is 85.2 Å². The number of rotatable bonds is 12. The van der Waals surface area contributed by atoms with Gasteiger partial charge in [-0.25, -0.2) is 0 Å². The van der Waals surface area contributed by atoms with Crippen LogP contribution in [-0.2, 0) is 19.8 Å². The van der Waals surface area contributed by atoms with E-state index in [1.165, 1.54) is 18.3 Å². The molecule has 270 valence electrons. The molecule has 13 heteroatoms. The van der Waals surface area contributed by atoms with Crippen molar-refractivity contribution in [3.63, 3.8) is 0 Å². The van der Waals surface area contributed by atoms with Crippen LogP contribution in [0.4, 0.5) is 0 Å². The largest absolute Gasteiger partial charge is 0.488 e. The fraction of sp³-hybridized carbons (Fsp3) is 0.200. The van der Waals surface area contributed by atoms with Gasteiger partial charge in [-0.2, -0.15) is 5.26 Å². The maximum absolute atomic E-state index is 13.0. The summed E-state index contributed by atoms with van der Waals surface area (Å²) in [7, 11) is 0. The number of likely N-dealkylation sites (tertiary alicyclic amines) is 1. The van der Waals surface area contributed by atoms with Crippen molar-refractivity contribution in [2.24, 2.45) is 0 Å². The van der Waals surface area contributed by atoms with Crippen molar-refractivity contribution in [2.75, 3.05) is 13.1 Å². The summed E-state index contributed by atoms with van der Waals surface area (Å²) in [4.78, 5) is 30.4. The molecule has 5 aromatic rings. The number of halogens is 4. The molecule has 1 N–H and O–H groups in total. The topological polar surface area (TPSA) is 122 Å². The quantitative estimate of drug-likeness (QED) is 0.124. The fourth-order valence-electron chi connectivity index (χ4n) is 5.85. The molecule has 9 nitrogen and oxygen atoms in total. The third-order valence-corrected chi connectivity index (χ3v) is 10.1. The molecule has 4 aromatic carbocycles. The van der Waals surface area contributed by atoms with Gasteiger partial charge in [0.05, 0.1) is 37.3 Å². The Labute approximate surface area is 326 Å². The van der Waals surface area contributed by atoms with Crippen molar-refractivity contribution in [1.29, 1.82) is 5.26 Å². The van der Waals surface area contributed by atoms with Gasteiger partial charge in [0.2, 0.25) is 0 Å². The second kappa shape index (κ2) is 17.3. The monoisotopic (exact) mass is 789 g/mol. The van der Waals surface area contributed by atoms with Gasteiger partial charge in [0.1, 0.15) is 43.1 Å². The fourth-order valence-corrected chi connectivity index (χ4v) is 6.88. The van der Waals surface area contributed by atoms with E-state index in [1.807, 2.05) is 42.5 Å². The lowest BCUT2D eigenvalue weighted by Gasteiger charge is -2.30. The number of hydrogen-bond acceptors (Lipinski definition) is 8. The molecule has 1 unspecified atom stereocenters. The second-order valence-corrected chi connectivity index (χ2v) is 13.8. The third kappa shape index (κ3) is 9.05. The number of nitrogens with zero attached hydrogens (tertiary/aromatic N) is 3. The molecule has 1 aliphatic rings. The number of amides is 1. The summed E-state index contributed by atoms with van der Waals surface area (Å²) in [6.45, 7) is 1.08. The van der Waals surface area contributed by atoms with Gasteiger partial charge in [0, 0.05) is 64.9 Å². The summed E-state index contributed by atoms with van der Waals surface area (Å²) in [5.41, 5.74) is 4.37. The highest BCUT2D eigenvalue weighted by Crippen LogP contribution is 2.39. The standard InChI is InChI=1S/C40H31Cl4N3O6/c41-33-13-26(40(50)47-11-3-6-30(49)19-47)9-10-35(33)52-22-27-4-1-7-31(38(27)43)32-8-2-5-28(39(32)44)23-53-37-15-36(29(20-48)14-34(37)42)51-21-25-12-24(16-45)17-46-18-25/h1-2,4-5,7-10,12-15,17-18,20,30,49H,3,6,11,19,21-23H2. The highest BCUT2D eigenvalue weighted by atomic mass is 35.5. The molecule has 1 fully saturated rings. The van der Waals surface area contributed by atoms with E-state index in [4.69, 9.17) is 65.9 Å². The molecular formula is C40H31Cl4N3O6. The molecule has 0 saturated carbocycles. The molecule has 0 aliphatic carbocycles. The van der Waals surface area contributed by atoms with Crippen LogP contribution in [0.5, 0.6) is 17.2 Å². The molecule has 1 saturated heterocycles. The van der Waals surface area contributed by atoms with Crippen LogP contribution in [0, 0.1) is 11.3 Å². The summed E-state index contributed by atoms with van der Waals surface area (Å²) in [6, 6.07) is 22.6. The first-order valence-electron chi connectivity index (χ1n) is 16.5. The lowest BCUT2D eigenvalue weighted by molar-refractivity contribution is 0.0473. The number of aromatic nitrogens is 1. The zero-order valence-corrected chi connectivity index (χ0v) is 31.1. The van der Waals surface area contributed by atoms with Crippen LogP contribution in [0.3, 0.4) is 0 Å². The van der Waals surface area contributed by atoms with E-state index in [0.29, 0.717) is 80.5 Å². The predicted octanol–water partition coefficient (Wildman–Crippen LogP) is 9.38. The van der Waals surface area contributed by atoms with Gasteiger partial charge in [0.25, 0.3) is 5.91 Å². The van der Waals surface area contributed by atoms with Crippen LogP contribution in [-0.4, -0.2) is 46.4 Å². The van der Waals surface area contributed by atoms with Crippen LogP contribution < -0.4 is 14.2 Å². The van der Waals surface area contributed by atoms with Crippen LogP contribution in [0.2, 0.25) is 20.1 Å². The zero-order chi connectivity index (χ0) is 37.5. The number of carbonyl (C=O) groups excluding carboxylic acids is 2. The Kier molecular flexibility index (Phi) is 12.4. The maximum atomic E-state index is 13.0. The van der Waals surface area contributed by atoms with Crippen molar-refractivity contribution in [3.05, 3.63) is 139 Å². The van der Waals surface area contributed by atoms with Crippen molar-refractivity contribution in [2.45, 2.75) is 38.8 Å². The molecule has 53 heavy (non-hydrogen) atoms. The first-order valence-corrected chi connectivity index (χ1v) is 18.0. The molecule has 6 rings (SSSR count). The van der Waals surface area contributed by atoms with Crippen molar-refractivity contribution >= 4 is 58.6 Å². The van der Waals surface area contributed by atoms with Crippen molar-refractivity contribution < 1.29 is 28.9 Å². The lowest BCUT2D eigenvalue weighted by Crippen LogP contribution is -2.42. The minimum absolute atomic E-state index is 0.0379. The van der Waals surface area contributed by atoms with E-state index in [-0.39, 0.29) is 52.8 Å². The lowest BCUT2D eigenvalue weighted by atomic mass is 10.0. The van der Waals surface area contributed by atoms with Crippen LogP contribution in [0.1, 0.15) is 55.8 Å². The van der Waals surface area contributed by atoms with Gasteiger partial charge in [-0.3, -0.25) is 14.6 Å². The average molecular weight is 792 g/mol. The molecule has 0 radical (unpaired) electrons. The normalized spacial score (nSPS) is 14.0. The van der Waals surface area contributed by atoms with Crippen LogP contribution >= 0.6 is 46.4 Å². The van der Waals surface area contributed by atoms with E-state index >= 15 is 0 Å². The van der Waals surface area contributed by atoms with E-state index < -0.39 is 6.10 Å². The minimum Gasteiger partial charge on any atom is -0.488 e. The second-order valence-electron chi connectivity index (χ2n) is 12.2. The van der Waals surface area contributed by atoms with Gasteiger partial charge >= 0.3 is 0 Å². The predicted molar refractivity (Wildman–Crippen MR) is 203 cm³/mol. The van der Waals surface area contributed by atoms with E-state index in [1.54, 1.807) is 35.4 Å². The molecule has 1 aromatic heterocycles. The molecule has 1 atom stereocenters. The maximum Gasteiger partial charge on any atom is 0.253 e. The first-order chi connectivity index (χ1) is 25.6. The Hall–Kier alpha value is -4.82. The number of piperidine rings is 1. The number of aliphatic hydroxyl groups excluding tert-OH is 1. The number of aldehydes is 1. The summed E-state index contributed by atoms with van der Waals surface area (Å²) in [5.74, 6) is 0.718. The number of carbonyl (C=O) groups is 2. The van der Waals surface area contributed by atoms with Crippen LogP contribution in [0.25, 0.3) is 11.1 Å². The van der Waals surface area contributed by atoms with E-state index in [2.05, 4.69) is 4.98 Å². The molecular weight excluding hydrogens is 760 g/mol. The number of pyridine rings is 1. The average Bonchev–Trinajstić information content (AvgIpc) is 3.17. The Morgan fingerprint density at radius 2 is 1.51 bits per heavy atom. The molecule has 1 aliphatic heterocycles. The number of ether oxygens (including phenoxy) is 3. The van der Waals surface area contributed by atoms with Crippen molar-refractivity contribution in [3.8, 4) is 34.4 Å². The molecule has 2 heterocycles. The number of benzene rings is 4. The Morgan fingerprint density at radius 3 is 2.15 bits per heavy atom. The summed E-state index contributed by atoms with van der Waals surface area (Å²) in [6.07, 6.45) is 4.56. The van der Waals surface area contributed by atoms with Gasteiger partial charge in [-0.1, -0.05) is 82.8 Å². The Bertz CT molecular complexity index is 2210. The Morgan fingerprint density at radius 1 is 0.849 bits per heavy atom.